The first-order chi connectivity index (χ1) is 9.66. The van der Waals surface area contributed by atoms with Gasteiger partial charge in [-0.1, -0.05) is 12.1 Å². The smallest absolute Gasteiger partial charge is 0.0702 e. The van der Waals surface area contributed by atoms with E-state index in [0.717, 1.165) is 18.5 Å². The molecule has 1 aliphatic rings. The molecule has 1 fully saturated rings. The van der Waals surface area contributed by atoms with E-state index in [4.69, 9.17) is 5.73 Å². The molecule has 20 heavy (non-hydrogen) atoms. The van der Waals surface area contributed by atoms with Gasteiger partial charge in [-0.3, -0.25) is 9.88 Å². The Morgan fingerprint density at radius 2 is 2.15 bits per heavy atom. The van der Waals surface area contributed by atoms with E-state index in [1.807, 2.05) is 12.3 Å². The molecule has 0 aliphatic carbocycles. The number of hydrogen-bond donors (Lipinski definition) is 1. The Labute approximate surface area is 120 Å². The molecule has 2 N–H and O–H groups in total. The molecular weight excluding hydrogens is 246 g/mol. The van der Waals surface area contributed by atoms with Crippen LogP contribution in [0.3, 0.4) is 0 Å². The van der Waals surface area contributed by atoms with Crippen molar-refractivity contribution in [3.05, 3.63) is 42.1 Å². The molecule has 2 aromatic rings. The third-order valence-electron chi connectivity index (χ3n) is 4.35. The van der Waals surface area contributed by atoms with Crippen LogP contribution in [0.1, 0.15) is 38.3 Å². The average Bonchev–Trinajstić information content (AvgIpc) is 2.46. The summed E-state index contributed by atoms with van der Waals surface area (Å²) < 4.78 is 0. The first-order valence-corrected chi connectivity index (χ1v) is 7.53. The van der Waals surface area contributed by atoms with Gasteiger partial charge in [-0.15, -0.1) is 0 Å². The molecule has 2 unspecified atom stereocenters. The fraction of sp³-hybridized carbons (Fsp3) is 0.471. The molecule has 1 aromatic heterocycles. The topological polar surface area (TPSA) is 42.1 Å². The fourth-order valence-corrected chi connectivity index (χ4v) is 3.35. The first-order valence-electron chi connectivity index (χ1n) is 7.53. The maximum Gasteiger partial charge on any atom is 0.0702 e. The summed E-state index contributed by atoms with van der Waals surface area (Å²) in [6, 6.07) is 11.8. The van der Waals surface area contributed by atoms with Crippen LogP contribution in [-0.2, 0) is 0 Å². The van der Waals surface area contributed by atoms with Crippen molar-refractivity contribution in [2.45, 2.75) is 44.8 Å². The zero-order valence-electron chi connectivity index (χ0n) is 12.3. The van der Waals surface area contributed by atoms with E-state index in [0.29, 0.717) is 12.1 Å². The average molecular weight is 269 g/mol. The number of pyridine rings is 1. The summed E-state index contributed by atoms with van der Waals surface area (Å²) >= 11 is 0. The quantitative estimate of drug-likeness (QED) is 0.911. The molecular formula is C17H23N3. The predicted octanol–water partition coefficient (Wildman–Crippen LogP) is 3.11. The number of aromatic nitrogens is 1. The number of likely N-dealkylation sites (tertiary alicyclic amines) is 1. The lowest BCUT2D eigenvalue weighted by molar-refractivity contribution is 0.0948. The van der Waals surface area contributed by atoms with Crippen LogP contribution < -0.4 is 5.73 Å². The molecule has 3 rings (SSSR count). The Balaban J connectivity index is 2.02. The Hall–Kier alpha value is -1.45. The molecule has 1 aromatic carbocycles. The number of piperidine rings is 1. The predicted molar refractivity (Wildman–Crippen MR) is 83.5 cm³/mol. The number of benzene rings is 1. The summed E-state index contributed by atoms with van der Waals surface area (Å²) in [5.41, 5.74) is 8.80. The zero-order chi connectivity index (χ0) is 14.1. The number of hydrogen-bond acceptors (Lipinski definition) is 3. The maximum atomic E-state index is 6.43. The van der Waals surface area contributed by atoms with Gasteiger partial charge in [-0.05, 0) is 57.0 Å². The highest BCUT2D eigenvalue weighted by molar-refractivity contribution is 5.79. The van der Waals surface area contributed by atoms with Gasteiger partial charge in [0.2, 0.25) is 0 Å². The van der Waals surface area contributed by atoms with Crippen LogP contribution in [0.2, 0.25) is 0 Å². The molecule has 0 saturated carbocycles. The van der Waals surface area contributed by atoms with Gasteiger partial charge >= 0.3 is 0 Å². The largest absolute Gasteiger partial charge is 0.326 e. The van der Waals surface area contributed by atoms with Gasteiger partial charge in [0.1, 0.15) is 0 Å². The zero-order valence-corrected chi connectivity index (χ0v) is 12.3. The number of rotatable bonds is 2. The molecule has 1 aliphatic heterocycles. The van der Waals surface area contributed by atoms with Crippen molar-refractivity contribution in [2.24, 2.45) is 5.73 Å². The van der Waals surface area contributed by atoms with E-state index in [2.05, 4.69) is 48.0 Å². The van der Waals surface area contributed by atoms with Gasteiger partial charge < -0.3 is 5.73 Å². The Morgan fingerprint density at radius 1 is 1.30 bits per heavy atom. The monoisotopic (exact) mass is 269 g/mol. The lowest BCUT2D eigenvalue weighted by Gasteiger charge is -2.42. The third-order valence-corrected chi connectivity index (χ3v) is 4.35. The van der Waals surface area contributed by atoms with Crippen LogP contribution in [-0.4, -0.2) is 28.5 Å². The molecule has 2 heterocycles. The lowest BCUT2D eigenvalue weighted by atomic mass is 9.89. The highest BCUT2D eigenvalue weighted by Crippen LogP contribution is 2.32. The molecule has 2 atom stereocenters. The minimum atomic E-state index is 0.222. The Morgan fingerprint density at radius 3 is 2.95 bits per heavy atom. The highest BCUT2D eigenvalue weighted by Gasteiger charge is 2.31. The van der Waals surface area contributed by atoms with Gasteiger partial charge in [0.15, 0.2) is 0 Å². The van der Waals surface area contributed by atoms with E-state index >= 15 is 0 Å². The second-order valence-corrected chi connectivity index (χ2v) is 6.04. The molecule has 1 saturated heterocycles. The van der Waals surface area contributed by atoms with Crippen LogP contribution in [0.25, 0.3) is 10.9 Å². The SMILES string of the molecule is CC(C)N1CCCC(N)C1c1ccc2ncccc2c1. The van der Waals surface area contributed by atoms with Crippen LogP contribution in [0.4, 0.5) is 0 Å². The van der Waals surface area contributed by atoms with Crippen LogP contribution in [0, 0.1) is 0 Å². The fourth-order valence-electron chi connectivity index (χ4n) is 3.35. The normalized spacial score (nSPS) is 24.4. The van der Waals surface area contributed by atoms with Gasteiger partial charge in [0.05, 0.1) is 11.6 Å². The minimum absolute atomic E-state index is 0.222. The third kappa shape index (κ3) is 2.43. The summed E-state index contributed by atoms with van der Waals surface area (Å²) in [6.07, 6.45) is 4.15. The van der Waals surface area contributed by atoms with Gasteiger partial charge in [0, 0.05) is 23.7 Å². The van der Waals surface area contributed by atoms with Gasteiger partial charge in [-0.25, -0.2) is 0 Å². The van der Waals surface area contributed by atoms with Crippen molar-refractivity contribution >= 4 is 10.9 Å². The van der Waals surface area contributed by atoms with Crippen LogP contribution in [0.5, 0.6) is 0 Å². The molecule has 106 valence electrons. The maximum absolute atomic E-state index is 6.43. The van der Waals surface area contributed by atoms with Gasteiger partial charge in [-0.2, -0.15) is 0 Å². The van der Waals surface area contributed by atoms with E-state index in [9.17, 15) is 0 Å². The summed E-state index contributed by atoms with van der Waals surface area (Å²) in [7, 11) is 0. The Kier molecular flexibility index (Phi) is 3.72. The molecule has 0 spiro atoms. The lowest BCUT2D eigenvalue weighted by Crippen LogP contribution is -2.48. The number of nitrogens with zero attached hydrogens (tertiary/aromatic N) is 2. The molecule has 3 heteroatoms. The second-order valence-electron chi connectivity index (χ2n) is 6.04. The van der Waals surface area contributed by atoms with E-state index in [-0.39, 0.29) is 6.04 Å². The number of fused-ring (bicyclic) bond motifs is 1. The molecule has 3 nitrogen and oxygen atoms in total. The van der Waals surface area contributed by atoms with Crippen molar-refractivity contribution in [3.8, 4) is 0 Å². The molecule has 0 amide bonds. The Bertz CT molecular complexity index is 594. The summed E-state index contributed by atoms with van der Waals surface area (Å²) in [4.78, 5) is 6.93. The molecule has 0 radical (unpaired) electrons. The number of nitrogens with two attached hydrogens (primary N) is 1. The van der Waals surface area contributed by atoms with Crippen LogP contribution in [0.15, 0.2) is 36.5 Å². The standard InChI is InChI=1S/C17H23N3/c1-12(2)20-10-4-6-15(18)17(20)14-7-8-16-13(11-14)5-3-9-19-16/h3,5,7-9,11-12,15,17H,4,6,10,18H2,1-2H3. The van der Waals surface area contributed by atoms with E-state index in [1.165, 1.54) is 17.4 Å². The molecule has 0 bridgehead atoms. The second kappa shape index (κ2) is 5.51. The van der Waals surface area contributed by atoms with Crippen molar-refractivity contribution in [1.29, 1.82) is 0 Å². The van der Waals surface area contributed by atoms with E-state index in [1.54, 1.807) is 0 Å². The summed E-state index contributed by atoms with van der Waals surface area (Å²) in [5, 5.41) is 1.20. The van der Waals surface area contributed by atoms with Crippen molar-refractivity contribution in [2.75, 3.05) is 6.54 Å². The highest BCUT2D eigenvalue weighted by atomic mass is 15.2. The van der Waals surface area contributed by atoms with Crippen molar-refractivity contribution < 1.29 is 0 Å². The summed E-state index contributed by atoms with van der Waals surface area (Å²) in [6.45, 7) is 5.66. The van der Waals surface area contributed by atoms with Crippen LogP contribution >= 0.6 is 0 Å². The minimum Gasteiger partial charge on any atom is -0.326 e. The van der Waals surface area contributed by atoms with Crippen molar-refractivity contribution in [1.82, 2.24) is 9.88 Å². The first kappa shape index (κ1) is 13.5. The van der Waals surface area contributed by atoms with E-state index < -0.39 is 0 Å². The summed E-state index contributed by atoms with van der Waals surface area (Å²) in [5.74, 6) is 0. The van der Waals surface area contributed by atoms with Crippen molar-refractivity contribution in [3.63, 3.8) is 0 Å². The van der Waals surface area contributed by atoms with Gasteiger partial charge in [0.25, 0.3) is 0 Å².